The van der Waals surface area contributed by atoms with Crippen LogP contribution in [0.5, 0.6) is 11.5 Å². The molecule has 1 aliphatic rings. The van der Waals surface area contributed by atoms with Gasteiger partial charge in [-0.3, -0.25) is 19.7 Å². The zero-order valence-electron chi connectivity index (χ0n) is 23.7. The molecule has 1 saturated heterocycles. The summed E-state index contributed by atoms with van der Waals surface area (Å²) in [6, 6.07) is 9.41. The first-order chi connectivity index (χ1) is 19.3. The number of aliphatic hydroxyl groups excluding tert-OH is 1. The highest BCUT2D eigenvalue weighted by Crippen LogP contribution is 2.43. The molecule has 3 rings (SSSR count). The minimum Gasteiger partial charge on any atom is -0.507 e. The lowest BCUT2D eigenvalue weighted by molar-refractivity contribution is -0.384. The number of nitro benzene ring substituents is 1. The summed E-state index contributed by atoms with van der Waals surface area (Å²) < 4.78 is 10.9. The number of non-ortho nitro benzene ring substituents is 1. The molecule has 1 heterocycles. The van der Waals surface area contributed by atoms with E-state index < -0.39 is 28.4 Å². The molecule has 2 aromatic rings. The summed E-state index contributed by atoms with van der Waals surface area (Å²) in [5.41, 5.74) is 0.489. The molecule has 2 aromatic carbocycles. The summed E-state index contributed by atoms with van der Waals surface area (Å²) in [7, 11) is 3.01. The van der Waals surface area contributed by atoms with E-state index in [9.17, 15) is 24.8 Å². The number of carbonyl (C=O) groups is 2. The predicted octanol–water partition coefficient (Wildman–Crippen LogP) is 5.33. The van der Waals surface area contributed by atoms with Gasteiger partial charge in [0, 0.05) is 35.9 Å². The van der Waals surface area contributed by atoms with Crippen LogP contribution in [0.4, 0.5) is 5.69 Å². The Bertz CT molecular complexity index is 1220. The summed E-state index contributed by atoms with van der Waals surface area (Å²) in [5.74, 6) is -0.979. The molecule has 40 heavy (non-hydrogen) atoms. The second kappa shape index (κ2) is 14.5. The number of likely N-dealkylation sites (tertiary alicyclic amines) is 1. The van der Waals surface area contributed by atoms with Gasteiger partial charge in [0.25, 0.3) is 17.4 Å². The Kier molecular flexibility index (Phi) is 11.1. The molecule has 0 unspecified atom stereocenters. The first-order valence-corrected chi connectivity index (χ1v) is 13.7. The number of amides is 1. The van der Waals surface area contributed by atoms with Crippen LogP contribution in [-0.2, 0) is 9.59 Å². The number of hydrogen-bond donors (Lipinski definition) is 1. The van der Waals surface area contributed by atoms with Crippen LogP contribution in [-0.4, -0.2) is 71.9 Å². The number of benzene rings is 2. The average molecular weight is 554 g/mol. The van der Waals surface area contributed by atoms with Gasteiger partial charge in [-0.2, -0.15) is 0 Å². The summed E-state index contributed by atoms with van der Waals surface area (Å²) in [4.78, 5) is 41.2. The van der Waals surface area contributed by atoms with E-state index in [4.69, 9.17) is 9.47 Å². The summed E-state index contributed by atoms with van der Waals surface area (Å²) in [6.45, 7) is 7.35. The molecule has 0 spiro atoms. The third-order valence-electron chi connectivity index (χ3n) is 7.16. The smallest absolute Gasteiger partial charge is 0.295 e. The zero-order chi connectivity index (χ0) is 29.2. The highest BCUT2D eigenvalue weighted by Gasteiger charge is 2.47. The van der Waals surface area contributed by atoms with Crippen molar-refractivity contribution in [1.29, 1.82) is 0 Å². The van der Waals surface area contributed by atoms with Crippen molar-refractivity contribution in [2.24, 2.45) is 0 Å². The molecule has 1 fully saturated rings. The maximum absolute atomic E-state index is 13.4. The summed E-state index contributed by atoms with van der Waals surface area (Å²) in [6.07, 6.45) is 5.01. The van der Waals surface area contributed by atoms with Crippen molar-refractivity contribution in [1.82, 2.24) is 9.80 Å². The van der Waals surface area contributed by atoms with Gasteiger partial charge in [0.2, 0.25) is 0 Å². The molecule has 1 atom stereocenters. The van der Waals surface area contributed by atoms with Gasteiger partial charge in [0.15, 0.2) is 0 Å². The molecule has 0 radical (unpaired) electrons. The van der Waals surface area contributed by atoms with Gasteiger partial charge < -0.3 is 24.4 Å². The van der Waals surface area contributed by atoms with E-state index in [0.29, 0.717) is 30.0 Å². The Balaban J connectivity index is 2.02. The van der Waals surface area contributed by atoms with Crippen LogP contribution in [0.3, 0.4) is 0 Å². The number of rotatable bonds is 15. The number of aliphatic hydroxyl groups is 1. The first kappa shape index (κ1) is 30.6. The van der Waals surface area contributed by atoms with Gasteiger partial charge in [-0.25, -0.2) is 0 Å². The maximum atomic E-state index is 13.4. The molecule has 0 saturated carbocycles. The Morgan fingerprint density at radius 2 is 1.60 bits per heavy atom. The highest BCUT2D eigenvalue weighted by molar-refractivity contribution is 6.46. The van der Waals surface area contributed by atoms with E-state index >= 15 is 0 Å². The van der Waals surface area contributed by atoms with Crippen LogP contribution in [0, 0.1) is 10.1 Å². The normalized spacial score (nSPS) is 16.5. The average Bonchev–Trinajstić information content (AvgIpc) is 3.22. The van der Waals surface area contributed by atoms with Crippen LogP contribution in [0.2, 0.25) is 0 Å². The van der Waals surface area contributed by atoms with Crippen molar-refractivity contribution in [3.05, 3.63) is 69.3 Å². The van der Waals surface area contributed by atoms with E-state index in [-0.39, 0.29) is 16.8 Å². The molecule has 0 aliphatic carbocycles. The standard InChI is InChI=1S/C30H39N3O7/c1-5-7-16-31(17-8-6-2)18-9-19-32-27(24-15-14-23(39-3)20-25(24)40-4)26(29(35)30(32)36)28(34)21-10-12-22(13-11-21)33(37)38/h10-15,20,27,34H,5-9,16-19H2,1-4H3/t27-/m0/s1. The molecule has 10 nitrogen and oxygen atoms in total. The second-order valence-corrected chi connectivity index (χ2v) is 9.81. The Labute approximate surface area is 235 Å². The monoisotopic (exact) mass is 553 g/mol. The molecular formula is C30H39N3O7. The van der Waals surface area contributed by atoms with E-state index in [2.05, 4.69) is 18.7 Å². The molecule has 0 aromatic heterocycles. The van der Waals surface area contributed by atoms with E-state index in [1.807, 2.05) is 0 Å². The molecule has 0 bridgehead atoms. The quantitative estimate of drug-likeness (QED) is 0.103. The lowest BCUT2D eigenvalue weighted by atomic mass is 9.94. The minimum absolute atomic E-state index is 0.0869. The van der Waals surface area contributed by atoms with E-state index in [0.717, 1.165) is 45.3 Å². The number of nitro groups is 1. The lowest BCUT2D eigenvalue weighted by Crippen LogP contribution is -2.34. The third-order valence-corrected chi connectivity index (χ3v) is 7.16. The summed E-state index contributed by atoms with van der Waals surface area (Å²) in [5, 5.41) is 22.4. The molecule has 1 aliphatic heterocycles. The van der Waals surface area contributed by atoms with Crippen molar-refractivity contribution in [3.63, 3.8) is 0 Å². The van der Waals surface area contributed by atoms with Crippen molar-refractivity contribution in [2.75, 3.05) is 40.4 Å². The number of nitrogens with zero attached hydrogens (tertiary/aromatic N) is 3. The molecular weight excluding hydrogens is 514 g/mol. The number of unbranched alkanes of at least 4 members (excludes halogenated alkanes) is 2. The van der Waals surface area contributed by atoms with Gasteiger partial charge in [-0.15, -0.1) is 0 Å². The Morgan fingerprint density at radius 3 is 2.15 bits per heavy atom. The van der Waals surface area contributed by atoms with E-state index in [1.54, 1.807) is 18.2 Å². The van der Waals surface area contributed by atoms with Gasteiger partial charge in [0.05, 0.1) is 30.8 Å². The van der Waals surface area contributed by atoms with Gasteiger partial charge in [-0.05, 0) is 63.2 Å². The molecule has 216 valence electrons. The topological polar surface area (TPSA) is 122 Å². The Morgan fingerprint density at radius 1 is 0.975 bits per heavy atom. The van der Waals surface area contributed by atoms with Gasteiger partial charge in [-0.1, -0.05) is 26.7 Å². The fourth-order valence-corrected chi connectivity index (χ4v) is 4.94. The SMILES string of the molecule is CCCCN(CCCC)CCCN1C(=O)C(=O)C(=C(O)c2ccc([N+](=O)[O-])cc2)[C@@H]1c1ccc(OC)cc1OC. The van der Waals surface area contributed by atoms with E-state index in [1.165, 1.54) is 43.4 Å². The zero-order valence-corrected chi connectivity index (χ0v) is 23.7. The second-order valence-electron chi connectivity index (χ2n) is 9.81. The molecule has 1 N–H and O–H groups in total. The first-order valence-electron chi connectivity index (χ1n) is 13.7. The third kappa shape index (κ3) is 6.98. The Hall–Kier alpha value is -3.92. The van der Waals surface area contributed by atoms with Gasteiger partial charge >= 0.3 is 0 Å². The van der Waals surface area contributed by atoms with Gasteiger partial charge in [0.1, 0.15) is 17.3 Å². The maximum Gasteiger partial charge on any atom is 0.295 e. The van der Waals surface area contributed by atoms with Crippen LogP contribution >= 0.6 is 0 Å². The number of methoxy groups -OCH3 is 2. The number of ketones is 1. The highest BCUT2D eigenvalue weighted by atomic mass is 16.6. The van der Waals surface area contributed by atoms with Crippen LogP contribution in [0.25, 0.3) is 5.76 Å². The van der Waals surface area contributed by atoms with Crippen LogP contribution in [0.1, 0.15) is 63.1 Å². The number of Topliss-reactive ketones (excluding diaryl/α,β-unsaturated/α-hetero) is 1. The van der Waals surface area contributed by atoms with Crippen molar-refractivity contribution < 1.29 is 29.1 Å². The van der Waals surface area contributed by atoms with Crippen molar-refractivity contribution >= 4 is 23.1 Å². The predicted molar refractivity (Wildman–Crippen MR) is 153 cm³/mol. The minimum atomic E-state index is -0.907. The molecule has 10 heteroatoms. The van der Waals surface area contributed by atoms with Crippen molar-refractivity contribution in [3.8, 4) is 11.5 Å². The molecule has 1 amide bonds. The fourth-order valence-electron chi connectivity index (χ4n) is 4.94. The van der Waals surface area contributed by atoms with Crippen LogP contribution < -0.4 is 9.47 Å². The largest absolute Gasteiger partial charge is 0.507 e. The number of ether oxygens (including phenoxy) is 2. The fraction of sp³-hybridized carbons (Fsp3) is 0.467. The van der Waals surface area contributed by atoms with Crippen LogP contribution in [0.15, 0.2) is 48.0 Å². The lowest BCUT2D eigenvalue weighted by Gasteiger charge is -2.28. The number of hydrogen-bond acceptors (Lipinski definition) is 8. The summed E-state index contributed by atoms with van der Waals surface area (Å²) >= 11 is 0. The number of carbonyl (C=O) groups excluding carboxylic acids is 2. The van der Waals surface area contributed by atoms with Crippen molar-refractivity contribution in [2.45, 2.75) is 52.0 Å².